The van der Waals surface area contributed by atoms with Gasteiger partial charge in [0.05, 0.1) is 5.39 Å². The Balaban J connectivity index is 1.75. The molecule has 0 spiro atoms. The molecule has 0 atom stereocenters. The third-order valence-electron chi connectivity index (χ3n) is 6.34. The Morgan fingerprint density at radius 1 is 0.812 bits per heavy atom. The number of rotatable bonds is 1. The summed E-state index contributed by atoms with van der Waals surface area (Å²) in [5, 5.41) is 4.00. The molecule has 0 amide bonds. The van der Waals surface area contributed by atoms with Gasteiger partial charge in [-0.15, -0.1) is 0 Å². The van der Waals surface area contributed by atoms with Gasteiger partial charge in [-0.2, -0.15) is 4.57 Å². The normalized spacial score (nSPS) is 14.1. The predicted octanol–water partition coefficient (Wildman–Crippen LogP) is 4.80. The first-order valence-corrected chi connectivity index (χ1v) is 10.5. The Kier molecular flexibility index (Phi) is 3.43. The molecule has 32 heavy (non-hydrogen) atoms. The van der Waals surface area contributed by atoms with Gasteiger partial charge in [-0.25, -0.2) is 4.98 Å². The van der Waals surface area contributed by atoms with Crippen LogP contribution in [0.5, 0.6) is 23.0 Å². The number of hydrogen-bond donors (Lipinski definition) is 0. The van der Waals surface area contributed by atoms with Crippen molar-refractivity contribution < 1.29 is 23.5 Å². The maximum absolute atomic E-state index is 5.97. The van der Waals surface area contributed by atoms with E-state index in [1.165, 1.54) is 0 Å². The van der Waals surface area contributed by atoms with E-state index in [9.17, 15) is 0 Å². The largest absolute Gasteiger partial charge is 0.454 e. The molecule has 0 saturated carbocycles. The lowest BCUT2D eigenvalue weighted by atomic mass is 9.94. The average Bonchev–Trinajstić information content (AvgIpc) is 3.48. The van der Waals surface area contributed by atoms with Crippen LogP contribution in [0, 0.1) is 6.92 Å². The summed E-state index contributed by atoms with van der Waals surface area (Å²) < 4.78 is 25.6. The van der Waals surface area contributed by atoms with Crippen LogP contribution in [0.1, 0.15) is 5.56 Å². The van der Waals surface area contributed by atoms with E-state index in [1.807, 2.05) is 30.3 Å². The lowest BCUT2D eigenvalue weighted by Gasteiger charge is -2.14. The molecular formula is C26H19N2O4+. The van der Waals surface area contributed by atoms with Crippen molar-refractivity contribution in [1.29, 1.82) is 0 Å². The summed E-state index contributed by atoms with van der Waals surface area (Å²) in [5.41, 5.74) is 5.04. The summed E-state index contributed by atoms with van der Waals surface area (Å²) >= 11 is 0. The standard InChI is InChI=1S/C26H19N2O4/c1-14-10-19-26(32-13-30-19)22-20(14)24-23(16-8-9-18-25(21(16)22)31-12-29-18)27-17(11-28(24)2)15-6-4-3-5-7-15/h3-11H,12-13H2,1-2H3/q+1. The lowest BCUT2D eigenvalue weighted by Crippen LogP contribution is -2.30. The van der Waals surface area contributed by atoms with Gasteiger partial charge in [0, 0.05) is 21.7 Å². The fraction of sp³-hybridized carbons (Fsp3) is 0.154. The van der Waals surface area contributed by atoms with E-state index < -0.39 is 0 Å². The fourth-order valence-electron chi connectivity index (χ4n) is 4.98. The smallest absolute Gasteiger partial charge is 0.239 e. The molecule has 4 aromatic carbocycles. The van der Waals surface area contributed by atoms with Crippen molar-refractivity contribution in [3.05, 3.63) is 60.3 Å². The summed E-state index contributed by atoms with van der Waals surface area (Å²) in [4.78, 5) is 5.16. The second-order valence-electron chi connectivity index (χ2n) is 8.20. The number of aryl methyl sites for hydroxylation is 2. The Morgan fingerprint density at radius 2 is 1.56 bits per heavy atom. The van der Waals surface area contributed by atoms with Gasteiger partial charge in [0.25, 0.3) is 0 Å². The van der Waals surface area contributed by atoms with E-state index in [4.69, 9.17) is 23.9 Å². The van der Waals surface area contributed by atoms with Crippen molar-refractivity contribution >= 4 is 32.6 Å². The zero-order chi connectivity index (χ0) is 21.4. The second kappa shape index (κ2) is 6.23. The van der Waals surface area contributed by atoms with E-state index in [0.717, 1.165) is 72.4 Å². The summed E-state index contributed by atoms with van der Waals surface area (Å²) in [5.74, 6) is 2.96. The third-order valence-corrected chi connectivity index (χ3v) is 6.34. The van der Waals surface area contributed by atoms with Gasteiger partial charge >= 0.3 is 0 Å². The number of fused-ring (bicyclic) bond motifs is 10. The van der Waals surface area contributed by atoms with Crippen LogP contribution >= 0.6 is 0 Å². The van der Waals surface area contributed by atoms with Crippen molar-refractivity contribution in [2.75, 3.05) is 13.6 Å². The monoisotopic (exact) mass is 423 g/mol. The van der Waals surface area contributed by atoms with Gasteiger partial charge < -0.3 is 18.9 Å². The maximum Gasteiger partial charge on any atom is 0.239 e. The molecule has 7 rings (SSSR count). The molecule has 156 valence electrons. The highest BCUT2D eigenvalue weighted by atomic mass is 16.7. The van der Waals surface area contributed by atoms with Crippen molar-refractivity contribution in [2.45, 2.75) is 6.92 Å². The molecule has 2 aliphatic rings. The van der Waals surface area contributed by atoms with Crippen LogP contribution in [0.15, 0.2) is 54.7 Å². The molecule has 2 aliphatic heterocycles. The Bertz CT molecular complexity index is 1600. The van der Waals surface area contributed by atoms with Gasteiger partial charge in [-0.3, -0.25) is 0 Å². The van der Waals surface area contributed by atoms with Crippen LogP contribution in [-0.2, 0) is 7.05 Å². The Morgan fingerprint density at radius 3 is 2.38 bits per heavy atom. The van der Waals surface area contributed by atoms with Crippen LogP contribution in [0.4, 0.5) is 0 Å². The summed E-state index contributed by atoms with van der Waals surface area (Å²) in [7, 11) is 2.07. The highest BCUT2D eigenvalue weighted by Gasteiger charge is 2.30. The molecule has 1 aromatic heterocycles. The van der Waals surface area contributed by atoms with Gasteiger partial charge in [0.2, 0.25) is 19.1 Å². The molecule has 5 aromatic rings. The first-order chi connectivity index (χ1) is 15.7. The molecule has 0 N–H and O–H groups in total. The Labute approximate surface area is 183 Å². The third kappa shape index (κ3) is 2.24. The predicted molar refractivity (Wildman–Crippen MR) is 120 cm³/mol. The minimum atomic E-state index is 0.199. The fourth-order valence-corrected chi connectivity index (χ4v) is 4.98. The van der Waals surface area contributed by atoms with Crippen molar-refractivity contribution in [2.24, 2.45) is 7.05 Å². The molecule has 0 unspecified atom stereocenters. The topological polar surface area (TPSA) is 53.7 Å². The van der Waals surface area contributed by atoms with Crippen molar-refractivity contribution in [1.82, 2.24) is 4.98 Å². The van der Waals surface area contributed by atoms with Crippen LogP contribution in [0.2, 0.25) is 0 Å². The SMILES string of the molecule is Cc1cc2c(c3c4c5c(ccc4c4nc(-c6ccccc6)c[n+](C)c4c13)OCO5)OCO2. The van der Waals surface area contributed by atoms with Crippen LogP contribution in [-0.4, -0.2) is 18.6 Å². The molecule has 6 heteroatoms. The van der Waals surface area contributed by atoms with Crippen LogP contribution < -0.4 is 23.5 Å². The molecule has 6 nitrogen and oxygen atoms in total. The van der Waals surface area contributed by atoms with E-state index in [1.54, 1.807) is 0 Å². The van der Waals surface area contributed by atoms with Gasteiger partial charge in [0.1, 0.15) is 18.3 Å². The van der Waals surface area contributed by atoms with E-state index in [0.29, 0.717) is 0 Å². The minimum absolute atomic E-state index is 0.199. The minimum Gasteiger partial charge on any atom is -0.454 e. The summed E-state index contributed by atoms with van der Waals surface area (Å²) in [6.07, 6.45) is 2.08. The quantitative estimate of drug-likeness (QED) is 0.286. The Hall–Kier alpha value is -4.06. The molecule has 0 radical (unpaired) electrons. The summed E-state index contributed by atoms with van der Waals surface area (Å²) in [6.45, 7) is 2.50. The first-order valence-electron chi connectivity index (χ1n) is 10.5. The van der Waals surface area contributed by atoms with E-state index in [-0.39, 0.29) is 13.6 Å². The summed E-state index contributed by atoms with van der Waals surface area (Å²) in [6, 6.07) is 16.3. The second-order valence-corrected chi connectivity index (χ2v) is 8.20. The highest BCUT2D eigenvalue weighted by molar-refractivity contribution is 6.27. The molecular weight excluding hydrogens is 404 g/mol. The van der Waals surface area contributed by atoms with Crippen molar-refractivity contribution in [3.63, 3.8) is 0 Å². The van der Waals surface area contributed by atoms with E-state index in [2.05, 4.69) is 42.9 Å². The van der Waals surface area contributed by atoms with Gasteiger partial charge in [-0.05, 0) is 30.7 Å². The van der Waals surface area contributed by atoms with Gasteiger partial charge in [0.15, 0.2) is 29.2 Å². The zero-order valence-corrected chi connectivity index (χ0v) is 17.6. The first kappa shape index (κ1) is 17.6. The number of hydrogen-bond acceptors (Lipinski definition) is 5. The zero-order valence-electron chi connectivity index (χ0n) is 17.6. The molecule has 3 heterocycles. The van der Waals surface area contributed by atoms with Crippen LogP contribution in [0.25, 0.3) is 43.8 Å². The number of nitrogens with zero attached hydrogens (tertiary/aromatic N) is 2. The molecule has 0 bridgehead atoms. The highest BCUT2D eigenvalue weighted by Crippen LogP contribution is 2.51. The van der Waals surface area contributed by atoms with Gasteiger partial charge in [-0.1, -0.05) is 30.3 Å². The van der Waals surface area contributed by atoms with Crippen molar-refractivity contribution in [3.8, 4) is 34.3 Å². The maximum atomic E-state index is 5.97. The molecule has 0 saturated heterocycles. The number of aromatic nitrogens is 2. The molecule has 0 fully saturated rings. The number of benzene rings is 4. The van der Waals surface area contributed by atoms with Crippen LogP contribution in [0.3, 0.4) is 0 Å². The number of ether oxygens (including phenoxy) is 4. The average molecular weight is 423 g/mol. The van der Waals surface area contributed by atoms with E-state index >= 15 is 0 Å². The molecule has 0 aliphatic carbocycles. The lowest BCUT2D eigenvalue weighted by molar-refractivity contribution is -0.643.